The Morgan fingerprint density at radius 3 is 3.00 bits per heavy atom. The third-order valence-corrected chi connectivity index (χ3v) is 2.62. The fourth-order valence-electron chi connectivity index (χ4n) is 1.05. The first-order chi connectivity index (χ1) is 6.77. The third kappa shape index (κ3) is 1.85. The van der Waals surface area contributed by atoms with Crippen molar-refractivity contribution in [3.8, 4) is 0 Å². The summed E-state index contributed by atoms with van der Waals surface area (Å²) < 4.78 is 7.87. The standard InChI is InChI=1S/C7H8ClN5S/c1-4(6-9-2-3-10-6)11-7-5(8)12-14-13-7/h2-4H,1H3,(H,9,10)(H,11,13). The summed E-state index contributed by atoms with van der Waals surface area (Å²) in [5.41, 5.74) is 0. The zero-order chi connectivity index (χ0) is 9.97. The molecule has 0 fully saturated rings. The molecule has 0 bridgehead atoms. The molecule has 5 nitrogen and oxygen atoms in total. The number of halogens is 1. The van der Waals surface area contributed by atoms with Gasteiger partial charge in [-0.05, 0) is 6.92 Å². The summed E-state index contributed by atoms with van der Waals surface area (Å²) in [6, 6.07) is 0.0337. The van der Waals surface area contributed by atoms with E-state index < -0.39 is 0 Å². The minimum atomic E-state index is 0.0337. The van der Waals surface area contributed by atoms with Crippen LogP contribution in [0.4, 0.5) is 5.82 Å². The molecule has 0 saturated carbocycles. The molecule has 0 aliphatic heterocycles. The second-order valence-corrected chi connectivity index (χ2v) is 3.63. The van der Waals surface area contributed by atoms with E-state index >= 15 is 0 Å². The lowest BCUT2D eigenvalue weighted by Crippen LogP contribution is -2.08. The van der Waals surface area contributed by atoms with Crippen LogP contribution in [-0.2, 0) is 0 Å². The molecule has 7 heteroatoms. The maximum Gasteiger partial charge on any atom is 0.186 e. The first-order valence-corrected chi connectivity index (χ1v) is 5.12. The van der Waals surface area contributed by atoms with Crippen LogP contribution in [0.1, 0.15) is 18.8 Å². The Bertz CT molecular complexity index is 398. The van der Waals surface area contributed by atoms with E-state index in [1.165, 1.54) is 0 Å². The molecule has 2 rings (SSSR count). The minimum Gasteiger partial charge on any atom is -0.357 e. The zero-order valence-corrected chi connectivity index (χ0v) is 8.93. The number of anilines is 1. The molecule has 2 aromatic heterocycles. The molecule has 74 valence electrons. The molecule has 0 spiro atoms. The van der Waals surface area contributed by atoms with Crippen molar-refractivity contribution in [2.24, 2.45) is 0 Å². The highest BCUT2D eigenvalue weighted by Gasteiger charge is 2.11. The normalized spacial score (nSPS) is 12.7. The number of imidazole rings is 1. The number of nitrogens with zero attached hydrogens (tertiary/aromatic N) is 3. The largest absolute Gasteiger partial charge is 0.357 e. The Morgan fingerprint density at radius 1 is 1.57 bits per heavy atom. The molecule has 0 aliphatic carbocycles. The molecule has 0 aliphatic rings. The van der Waals surface area contributed by atoms with Gasteiger partial charge in [0.05, 0.1) is 17.8 Å². The van der Waals surface area contributed by atoms with Gasteiger partial charge in [-0.15, -0.1) is 0 Å². The molecule has 2 N–H and O–H groups in total. The predicted molar refractivity (Wildman–Crippen MR) is 55.5 cm³/mol. The van der Waals surface area contributed by atoms with Gasteiger partial charge in [0.25, 0.3) is 0 Å². The summed E-state index contributed by atoms with van der Waals surface area (Å²) in [5, 5.41) is 3.50. The summed E-state index contributed by atoms with van der Waals surface area (Å²) in [6.45, 7) is 1.97. The highest BCUT2D eigenvalue weighted by atomic mass is 35.5. The second kappa shape index (κ2) is 3.93. The molecule has 14 heavy (non-hydrogen) atoms. The molecule has 0 saturated heterocycles. The Kier molecular flexibility index (Phi) is 2.64. The van der Waals surface area contributed by atoms with Crippen molar-refractivity contribution >= 4 is 29.1 Å². The van der Waals surface area contributed by atoms with Crippen LogP contribution < -0.4 is 5.32 Å². The highest BCUT2D eigenvalue weighted by molar-refractivity contribution is 6.99. The van der Waals surface area contributed by atoms with Gasteiger partial charge in [0.1, 0.15) is 5.82 Å². The Hall–Kier alpha value is -1.14. The summed E-state index contributed by atoms with van der Waals surface area (Å²) in [6.07, 6.45) is 3.48. The number of hydrogen-bond acceptors (Lipinski definition) is 5. The predicted octanol–water partition coefficient (Wildman–Crippen LogP) is 2.09. The zero-order valence-electron chi connectivity index (χ0n) is 7.36. The van der Waals surface area contributed by atoms with E-state index in [9.17, 15) is 0 Å². The summed E-state index contributed by atoms with van der Waals surface area (Å²) in [4.78, 5) is 7.13. The molecule has 0 amide bonds. The summed E-state index contributed by atoms with van der Waals surface area (Å²) in [5.74, 6) is 1.44. The number of H-pyrrole nitrogens is 1. The highest BCUT2D eigenvalue weighted by Crippen LogP contribution is 2.22. The molecular formula is C7H8ClN5S. The van der Waals surface area contributed by atoms with Crippen molar-refractivity contribution in [1.29, 1.82) is 0 Å². The Morgan fingerprint density at radius 2 is 2.43 bits per heavy atom. The Labute approximate surface area is 89.9 Å². The molecule has 1 unspecified atom stereocenters. The monoisotopic (exact) mass is 229 g/mol. The van der Waals surface area contributed by atoms with Gasteiger partial charge < -0.3 is 10.3 Å². The summed E-state index contributed by atoms with van der Waals surface area (Å²) >= 11 is 6.87. The molecule has 2 aromatic rings. The molecule has 0 aromatic carbocycles. The average Bonchev–Trinajstić information content (AvgIpc) is 2.77. The van der Waals surface area contributed by atoms with Gasteiger partial charge in [-0.3, -0.25) is 0 Å². The van der Waals surface area contributed by atoms with E-state index in [-0.39, 0.29) is 6.04 Å². The molecule has 2 heterocycles. The van der Waals surface area contributed by atoms with E-state index in [0.29, 0.717) is 11.0 Å². The van der Waals surface area contributed by atoms with Crippen LogP contribution >= 0.6 is 23.3 Å². The third-order valence-electron chi connectivity index (χ3n) is 1.73. The van der Waals surface area contributed by atoms with E-state index in [0.717, 1.165) is 17.6 Å². The van der Waals surface area contributed by atoms with Crippen LogP contribution in [0.2, 0.25) is 5.15 Å². The lowest BCUT2D eigenvalue weighted by molar-refractivity contribution is 0.806. The van der Waals surface area contributed by atoms with Gasteiger partial charge in [0.2, 0.25) is 0 Å². The lowest BCUT2D eigenvalue weighted by atomic mass is 10.3. The lowest BCUT2D eigenvalue weighted by Gasteiger charge is -2.09. The Balaban J connectivity index is 2.09. The van der Waals surface area contributed by atoms with Gasteiger partial charge in [-0.1, -0.05) is 11.6 Å². The van der Waals surface area contributed by atoms with E-state index in [2.05, 4.69) is 24.0 Å². The van der Waals surface area contributed by atoms with Crippen molar-refractivity contribution in [2.45, 2.75) is 13.0 Å². The van der Waals surface area contributed by atoms with Crippen molar-refractivity contribution < 1.29 is 0 Å². The van der Waals surface area contributed by atoms with E-state index in [4.69, 9.17) is 11.6 Å². The van der Waals surface area contributed by atoms with Crippen molar-refractivity contribution in [3.63, 3.8) is 0 Å². The van der Waals surface area contributed by atoms with Crippen LogP contribution in [0, 0.1) is 0 Å². The first-order valence-electron chi connectivity index (χ1n) is 4.01. The topological polar surface area (TPSA) is 66.5 Å². The SMILES string of the molecule is CC(Nc1nsnc1Cl)c1ncc[nH]1. The van der Waals surface area contributed by atoms with Crippen LogP contribution in [0.25, 0.3) is 0 Å². The minimum absolute atomic E-state index is 0.0337. The maximum atomic E-state index is 5.79. The van der Waals surface area contributed by atoms with Crippen LogP contribution in [0.15, 0.2) is 12.4 Å². The molecular weight excluding hydrogens is 222 g/mol. The van der Waals surface area contributed by atoms with Gasteiger partial charge in [0, 0.05) is 12.4 Å². The number of hydrogen-bond donors (Lipinski definition) is 2. The average molecular weight is 230 g/mol. The number of rotatable bonds is 3. The molecule has 0 radical (unpaired) electrons. The van der Waals surface area contributed by atoms with Crippen molar-refractivity contribution in [2.75, 3.05) is 5.32 Å². The van der Waals surface area contributed by atoms with Gasteiger partial charge in [-0.25, -0.2) is 4.98 Å². The van der Waals surface area contributed by atoms with Crippen molar-refractivity contribution in [3.05, 3.63) is 23.4 Å². The fourth-order valence-corrected chi connectivity index (χ4v) is 1.71. The van der Waals surface area contributed by atoms with Gasteiger partial charge in [0.15, 0.2) is 11.0 Å². The first kappa shape index (κ1) is 9.42. The van der Waals surface area contributed by atoms with Crippen LogP contribution in [0.5, 0.6) is 0 Å². The van der Waals surface area contributed by atoms with Crippen LogP contribution in [0.3, 0.4) is 0 Å². The van der Waals surface area contributed by atoms with E-state index in [1.54, 1.807) is 12.4 Å². The van der Waals surface area contributed by atoms with Crippen molar-refractivity contribution in [1.82, 2.24) is 18.7 Å². The second-order valence-electron chi connectivity index (χ2n) is 2.74. The number of nitrogens with one attached hydrogen (secondary N) is 2. The quantitative estimate of drug-likeness (QED) is 0.846. The number of aromatic amines is 1. The summed E-state index contributed by atoms with van der Waals surface area (Å²) in [7, 11) is 0. The van der Waals surface area contributed by atoms with Crippen LogP contribution in [-0.4, -0.2) is 18.7 Å². The van der Waals surface area contributed by atoms with Gasteiger partial charge in [-0.2, -0.15) is 8.75 Å². The van der Waals surface area contributed by atoms with Gasteiger partial charge >= 0.3 is 0 Å². The van der Waals surface area contributed by atoms with E-state index in [1.807, 2.05) is 6.92 Å². The number of aromatic nitrogens is 4. The fraction of sp³-hybridized carbons (Fsp3) is 0.286. The molecule has 1 atom stereocenters. The maximum absolute atomic E-state index is 5.79. The smallest absolute Gasteiger partial charge is 0.186 e.